The van der Waals surface area contributed by atoms with Gasteiger partial charge in [0.25, 0.3) is 0 Å². The van der Waals surface area contributed by atoms with Gasteiger partial charge in [0, 0.05) is 13.0 Å². The summed E-state index contributed by atoms with van der Waals surface area (Å²) in [6.45, 7) is 4.27. The maximum absolute atomic E-state index is 13.4. The Morgan fingerprint density at radius 2 is 1.77 bits per heavy atom. The van der Waals surface area contributed by atoms with Gasteiger partial charge in [-0.2, -0.15) is 11.8 Å². The number of hydrogen-bond acceptors (Lipinski definition) is 6. The van der Waals surface area contributed by atoms with Crippen LogP contribution in [0.5, 0.6) is 0 Å². The van der Waals surface area contributed by atoms with Crippen LogP contribution in [0, 0.1) is 5.92 Å². The van der Waals surface area contributed by atoms with Crippen LogP contribution in [0.2, 0.25) is 0 Å². The summed E-state index contributed by atoms with van der Waals surface area (Å²) in [5.41, 5.74) is 6.89. The molecule has 0 radical (unpaired) electrons. The third kappa shape index (κ3) is 8.85. The van der Waals surface area contributed by atoms with Crippen LogP contribution in [0.15, 0.2) is 30.3 Å². The molecule has 4 atom stereocenters. The van der Waals surface area contributed by atoms with Gasteiger partial charge in [-0.15, -0.1) is 0 Å². The molecule has 10 heteroatoms. The van der Waals surface area contributed by atoms with E-state index in [2.05, 4.69) is 10.6 Å². The highest BCUT2D eigenvalue weighted by molar-refractivity contribution is 7.98. The smallest absolute Gasteiger partial charge is 0.326 e. The summed E-state index contributed by atoms with van der Waals surface area (Å²) in [7, 11) is 0. The number of thioether (sulfide) groups is 1. The molecule has 9 nitrogen and oxygen atoms in total. The molecule has 0 aliphatic carbocycles. The van der Waals surface area contributed by atoms with Gasteiger partial charge in [-0.1, -0.05) is 44.2 Å². The molecule has 0 aromatic heterocycles. The fourth-order valence-corrected chi connectivity index (χ4v) is 4.68. The van der Waals surface area contributed by atoms with E-state index in [0.29, 0.717) is 38.0 Å². The standard InChI is InChI=1S/C25H38N4O5S/c1-16(2)14-18(26)22(30)28-20(15-17-8-5-4-6-9-17)23(31)27-19(11-13-35-3)24(32)29-12-7-10-21(29)25(33)34/h4-6,8-9,16,18-21H,7,10-15,26H2,1-3H3,(H,27,31)(H,28,30)(H,33,34). The van der Waals surface area contributed by atoms with Crippen molar-refractivity contribution in [3.05, 3.63) is 35.9 Å². The van der Waals surface area contributed by atoms with Gasteiger partial charge < -0.3 is 26.4 Å². The predicted octanol–water partition coefficient (Wildman–Crippen LogP) is 1.40. The summed E-state index contributed by atoms with van der Waals surface area (Å²) in [5, 5.41) is 15.1. The third-order valence-electron chi connectivity index (χ3n) is 6.02. The Morgan fingerprint density at radius 1 is 1.11 bits per heavy atom. The second kappa shape index (κ2) is 14.1. The highest BCUT2D eigenvalue weighted by Gasteiger charge is 2.38. The number of nitrogens with one attached hydrogen (secondary N) is 2. The van der Waals surface area contributed by atoms with Crippen LogP contribution in [-0.4, -0.2) is 76.4 Å². The topological polar surface area (TPSA) is 142 Å². The van der Waals surface area contributed by atoms with Gasteiger partial charge in [-0.25, -0.2) is 4.79 Å². The largest absolute Gasteiger partial charge is 0.480 e. The molecule has 1 heterocycles. The van der Waals surface area contributed by atoms with Crippen molar-refractivity contribution in [1.29, 1.82) is 0 Å². The van der Waals surface area contributed by atoms with Gasteiger partial charge in [0.05, 0.1) is 6.04 Å². The van der Waals surface area contributed by atoms with Gasteiger partial charge in [0.2, 0.25) is 17.7 Å². The number of carboxylic acid groups (broad SMARTS) is 1. The van der Waals surface area contributed by atoms with Crippen molar-refractivity contribution < 1.29 is 24.3 Å². The molecule has 1 aromatic rings. The molecular formula is C25H38N4O5S. The lowest BCUT2D eigenvalue weighted by Gasteiger charge is -2.29. The van der Waals surface area contributed by atoms with E-state index < -0.39 is 47.9 Å². The quantitative estimate of drug-likeness (QED) is 0.317. The van der Waals surface area contributed by atoms with Crippen molar-refractivity contribution in [3.8, 4) is 0 Å². The van der Waals surface area contributed by atoms with E-state index in [1.165, 1.54) is 16.7 Å². The zero-order valence-corrected chi connectivity index (χ0v) is 21.6. The van der Waals surface area contributed by atoms with Crippen molar-refractivity contribution in [2.75, 3.05) is 18.6 Å². The minimum Gasteiger partial charge on any atom is -0.480 e. The Morgan fingerprint density at radius 3 is 2.37 bits per heavy atom. The third-order valence-corrected chi connectivity index (χ3v) is 6.67. The van der Waals surface area contributed by atoms with E-state index in [-0.39, 0.29) is 12.3 Å². The second-order valence-corrected chi connectivity index (χ2v) is 10.3. The highest BCUT2D eigenvalue weighted by Crippen LogP contribution is 2.20. The zero-order chi connectivity index (χ0) is 26.0. The number of aliphatic carboxylic acids is 1. The van der Waals surface area contributed by atoms with Crippen molar-refractivity contribution in [1.82, 2.24) is 15.5 Å². The number of hydrogen-bond donors (Lipinski definition) is 4. The van der Waals surface area contributed by atoms with E-state index in [4.69, 9.17) is 5.73 Å². The van der Waals surface area contributed by atoms with Gasteiger partial charge in [-0.3, -0.25) is 14.4 Å². The number of carbonyl (C=O) groups is 4. The highest BCUT2D eigenvalue weighted by atomic mass is 32.2. The fourth-order valence-electron chi connectivity index (χ4n) is 4.21. The van der Waals surface area contributed by atoms with Gasteiger partial charge in [-0.05, 0) is 49.2 Å². The molecule has 1 aliphatic rings. The van der Waals surface area contributed by atoms with Crippen molar-refractivity contribution in [2.45, 2.75) is 70.1 Å². The second-order valence-electron chi connectivity index (χ2n) is 9.36. The lowest BCUT2D eigenvalue weighted by Crippen LogP contribution is -2.57. The molecule has 1 aliphatic heterocycles. The maximum atomic E-state index is 13.4. The first kappa shape index (κ1) is 28.6. The van der Waals surface area contributed by atoms with Crippen molar-refractivity contribution in [2.24, 2.45) is 11.7 Å². The molecule has 1 fully saturated rings. The summed E-state index contributed by atoms with van der Waals surface area (Å²) >= 11 is 1.53. The first-order valence-corrected chi connectivity index (χ1v) is 13.5. The molecule has 35 heavy (non-hydrogen) atoms. The molecule has 0 bridgehead atoms. The average Bonchev–Trinajstić information content (AvgIpc) is 3.31. The van der Waals surface area contributed by atoms with Crippen LogP contribution in [0.4, 0.5) is 0 Å². The minimum absolute atomic E-state index is 0.216. The molecule has 1 saturated heterocycles. The monoisotopic (exact) mass is 506 g/mol. The molecule has 5 N–H and O–H groups in total. The summed E-state index contributed by atoms with van der Waals surface area (Å²) in [5.74, 6) is -1.54. The Kier molecular flexibility index (Phi) is 11.5. The molecule has 0 spiro atoms. The minimum atomic E-state index is -1.04. The summed E-state index contributed by atoms with van der Waals surface area (Å²) in [6, 6.07) is 5.83. The first-order valence-electron chi connectivity index (χ1n) is 12.1. The molecule has 2 rings (SSSR count). The Hall–Kier alpha value is -2.59. The number of likely N-dealkylation sites (tertiary alicyclic amines) is 1. The molecule has 0 saturated carbocycles. The number of nitrogens with two attached hydrogens (primary N) is 1. The van der Waals surface area contributed by atoms with Crippen LogP contribution >= 0.6 is 11.8 Å². The lowest BCUT2D eigenvalue weighted by molar-refractivity contribution is -0.149. The molecule has 4 unspecified atom stereocenters. The molecule has 3 amide bonds. The SMILES string of the molecule is CSCCC(NC(=O)C(Cc1ccccc1)NC(=O)C(N)CC(C)C)C(=O)N1CCCC1C(=O)O. The zero-order valence-electron chi connectivity index (χ0n) is 20.7. The molecule has 194 valence electrons. The summed E-state index contributed by atoms with van der Waals surface area (Å²) < 4.78 is 0. The van der Waals surface area contributed by atoms with Crippen molar-refractivity contribution in [3.63, 3.8) is 0 Å². The molecule has 1 aromatic carbocycles. The Labute approximate surface area is 211 Å². The number of carboxylic acids is 1. The number of nitrogens with zero attached hydrogens (tertiary/aromatic N) is 1. The number of carbonyl (C=O) groups excluding carboxylic acids is 3. The fraction of sp³-hybridized carbons (Fsp3) is 0.600. The van der Waals surface area contributed by atoms with E-state index in [9.17, 15) is 24.3 Å². The van der Waals surface area contributed by atoms with Crippen molar-refractivity contribution >= 4 is 35.5 Å². The van der Waals surface area contributed by atoms with E-state index in [0.717, 1.165) is 5.56 Å². The first-order chi connectivity index (χ1) is 16.6. The van der Waals surface area contributed by atoms with Gasteiger partial charge in [0.1, 0.15) is 18.1 Å². The number of amides is 3. The number of benzene rings is 1. The van der Waals surface area contributed by atoms with Crippen LogP contribution in [0.3, 0.4) is 0 Å². The number of rotatable bonds is 13. The van der Waals surface area contributed by atoms with Crippen LogP contribution in [0.25, 0.3) is 0 Å². The van der Waals surface area contributed by atoms with Crippen LogP contribution < -0.4 is 16.4 Å². The van der Waals surface area contributed by atoms with Gasteiger partial charge >= 0.3 is 5.97 Å². The van der Waals surface area contributed by atoms with E-state index in [1.807, 2.05) is 50.4 Å². The maximum Gasteiger partial charge on any atom is 0.326 e. The Bertz CT molecular complexity index is 867. The summed E-state index contributed by atoms with van der Waals surface area (Å²) in [4.78, 5) is 52.3. The average molecular weight is 507 g/mol. The predicted molar refractivity (Wildman–Crippen MR) is 137 cm³/mol. The normalized spacial score (nSPS) is 18.1. The van der Waals surface area contributed by atoms with E-state index >= 15 is 0 Å². The van der Waals surface area contributed by atoms with E-state index in [1.54, 1.807) is 0 Å². The van der Waals surface area contributed by atoms with Gasteiger partial charge in [0.15, 0.2) is 0 Å². The molecular weight excluding hydrogens is 468 g/mol. The Balaban J connectivity index is 2.21. The summed E-state index contributed by atoms with van der Waals surface area (Å²) in [6.07, 6.45) is 3.96. The van der Waals surface area contributed by atoms with Crippen LogP contribution in [-0.2, 0) is 25.6 Å². The van der Waals surface area contributed by atoms with Crippen LogP contribution in [0.1, 0.15) is 45.1 Å². The lowest BCUT2D eigenvalue weighted by atomic mass is 10.0.